The molecule has 0 aliphatic heterocycles. The molecule has 0 spiro atoms. The molecule has 4 nitrogen and oxygen atoms in total. The van der Waals surface area contributed by atoms with Gasteiger partial charge in [-0.25, -0.2) is 12.4 Å². The molecule has 1 aliphatic carbocycles. The van der Waals surface area contributed by atoms with E-state index in [9.17, 15) is 13.2 Å². The van der Waals surface area contributed by atoms with E-state index >= 15 is 0 Å². The zero-order valence-electron chi connectivity index (χ0n) is 12.6. The van der Waals surface area contributed by atoms with Crippen molar-refractivity contribution in [2.75, 3.05) is 0 Å². The predicted octanol–water partition coefficient (Wildman–Crippen LogP) is 3.32. The van der Waals surface area contributed by atoms with Crippen molar-refractivity contribution in [3.63, 3.8) is 0 Å². The van der Waals surface area contributed by atoms with Gasteiger partial charge in [0.25, 0.3) is 10.0 Å². The first kappa shape index (κ1) is 14.2. The molecule has 1 aliphatic rings. The summed E-state index contributed by atoms with van der Waals surface area (Å²) in [6.07, 6.45) is 2.76. The Hall–Kier alpha value is -2.40. The quantitative estimate of drug-likeness (QED) is 0.726. The summed E-state index contributed by atoms with van der Waals surface area (Å²) in [5, 5.41) is 0.851. The zero-order valence-corrected chi connectivity index (χ0v) is 13.4. The van der Waals surface area contributed by atoms with Crippen molar-refractivity contribution in [1.82, 2.24) is 3.97 Å². The number of benzene rings is 2. The van der Waals surface area contributed by atoms with Crippen LogP contribution in [0.3, 0.4) is 0 Å². The first-order chi connectivity index (χ1) is 11.0. The molecule has 0 N–H and O–H groups in total. The Morgan fingerprint density at radius 2 is 1.70 bits per heavy atom. The fourth-order valence-corrected chi connectivity index (χ4v) is 4.54. The van der Waals surface area contributed by atoms with Crippen molar-refractivity contribution >= 4 is 26.7 Å². The molecule has 2 aromatic carbocycles. The van der Waals surface area contributed by atoms with Gasteiger partial charge in [0.1, 0.15) is 0 Å². The Morgan fingerprint density at radius 1 is 0.957 bits per heavy atom. The smallest absolute Gasteiger partial charge is 0.268 e. The maximum atomic E-state index is 12.9. The molecule has 0 saturated carbocycles. The minimum Gasteiger partial charge on any atom is -0.294 e. The summed E-state index contributed by atoms with van der Waals surface area (Å²) in [5.41, 5.74) is 3.32. The van der Waals surface area contributed by atoms with Gasteiger partial charge in [0.2, 0.25) is 0 Å². The van der Waals surface area contributed by atoms with Gasteiger partial charge in [-0.1, -0.05) is 17.7 Å². The average Bonchev–Trinajstić information content (AvgIpc) is 3.12. The summed E-state index contributed by atoms with van der Waals surface area (Å²) in [7, 11) is -3.64. The number of rotatable bonds is 2. The summed E-state index contributed by atoms with van der Waals surface area (Å²) in [4.78, 5) is 12.1. The van der Waals surface area contributed by atoms with Gasteiger partial charge in [-0.15, -0.1) is 0 Å². The first-order valence-corrected chi connectivity index (χ1v) is 8.91. The van der Waals surface area contributed by atoms with Crippen molar-refractivity contribution < 1.29 is 13.2 Å². The van der Waals surface area contributed by atoms with E-state index in [1.807, 2.05) is 6.92 Å². The summed E-state index contributed by atoms with van der Waals surface area (Å²) < 4.78 is 27.1. The van der Waals surface area contributed by atoms with Gasteiger partial charge in [-0.3, -0.25) is 4.79 Å². The molecule has 0 bridgehead atoms. The fourth-order valence-electron chi connectivity index (χ4n) is 3.19. The monoisotopic (exact) mass is 325 g/mol. The van der Waals surface area contributed by atoms with Crippen LogP contribution in [0, 0.1) is 6.92 Å². The minimum absolute atomic E-state index is 0.135. The van der Waals surface area contributed by atoms with E-state index in [2.05, 4.69) is 0 Å². The number of carbonyl (C=O) groups excluding carboxylic acids is 1. The molecule has 0 unspecified atom stereocenters. The topological polar surface area (TPSA) is 56.1 Å². The molecule has 1 aromatic heterocycles. The Labute approximate surface area is 134 Å². The van der Waals surface area contributed by atoms with Crippen LogP contribution in [0.25, 0.3) is 10.9 Å². The Bertz CT molecular complexity index is 1040. The van der Waals surface area contributed by atoms with Gasteiger partial charge in [-0.05, 0) is 49.2 Å². The highest BCUT2D eigenvalue weighted by molar-refractivity contribution is 7.90. The van der Waals surface area contributed by atoms with Gasteiger partial charge in [0.15, 0.2) is 5.78 Å². The lowest BCUT2D eigenvalue weighted by molar-refractivity contribution is 0.0994. The second-order valence-electron chi connectivity index (χ2n) is 5.88. The van der Waals surface area contributed by atoms with E-state index in [0.717, 1.165) is 22.1 Å². The van der Waals surface area contributed by atoms with Gasteiger partial charge in [0, 0.05) is 23.6 Å². The lowest BCUT2D eigenvalue weighted by Crippen LogP contribution is -2.11. The molecule has 0 atom stereocenters. The number of carbonyl (C=O) groups is 1. The molecule has 0 fully saturated rings. The molecule has 1 heterocycles. The fraction of sp³-hybridized carbons (Fsp3) is 0.167. The van der Waals surface area contributed by atoms with Crippen LogP contribution in [0.1, 0.15) is 27.9 Å². The first-order valence-electron chi connectivity index (χ1n) is 7.47. The lowest BCUT2D eigenvalue weighted by Gasteiger charge is -2.09. The van der Waals surface area contributed by atoms with Crippen LogP contribution >= 0.6 is 0 Å². The number of fused-ring (bicyclic) bond motifs is 3. The van der Waals surface area contributed by atoms with E-state index in [1.165, 1.54) is 3.97 Å². The number of hydrogen-bond acceptors (Lipinski definition) is 3. The van der Waals surface area contributed by atoms with Crippen molar-refractivity contribution in [3.05, 3.63) is 65.4 Å². The number of aromatic nitrogens is 1. The second kappa shape index (κ2) is 4.80. The number of aryl methyl sites for hydroxylation is 2. The number of nitrogens with zero attached hydrogens (tertiary/aromatic N) is 1. The van der Waals surface area contributed by atoms with E-state index < -0.39 is 10.0 Å². The summed E-state index contributed by atoms with van der Waals surface area (Å²) in [6.45, 7) is 1.92. The van der Waals surface area contributed by atoms with Crippen LogP contribution in [-0.2, 0) is 16.4 Å². The van der Waals surface area contributed by atoms with Gasteiger partial charge in [-0.2, -0.15) is 0 Å². The van der Waals surface area contributed by atoms with Crippen molar-refractivity contribution in [2.45, 2.75) is 24.7 Å². The van der Waals surface area contributed by atoms with Crippen molar-refractivity contribution in [1.29, 1.82) is 0 Å². The third kappa shape index (κ3) is 2.04. The van der Waals surface area contributed by atoms with Crippen LogP contribution in [-0.4, -0.2) is 18.2 Å². The molecule has 3 aromatic rings. The molecular formula is C18H15NO3S. The van der Waals surface area contributed by atoms with E-state index in [4.69, 9.17) is 0 Å². The van der Waals surface area contributed by atoms with Crippen LogP contribution in [0.2, 0.25) is 0 Å². The molecule has 5 heteroatoms. The highest BCUT2D eigenvalue weighted by Crippen LogP contribution is 2.32. The number of ketones is 1. The molecule has 4 rings (SSSR count). The highest BCUT2D eigenvalue weighted by atomic mass is 32.2. The van der Waals surface area contributed by atoms with Crippen LogP contribution in [0.4, 0.5) is 0 Å². The van der Waals surface area contributed by atoms with Gasteiger partial charge in [0.05, 0.1) is 10.4 Å². The maximum absolute atomic E-state index is 12.9. The van der Waals surface area contributed by atoms with Gasteiger partial charge < -0.3 is 0 Å². The lowest BCUT2D eigenvalue weighted by atomic mass is 10.1. The molecule has 0 saturated heterocycles. The SMILES string of the molecule is Cc1ccc(S(=O)(=O)n2ccc3c4c(ccc32)C(=O)CC4)cc1. The minimum atomic E-state index is -3.64. The maximum Gasteiger partial charge on any atom is 0.268 e. The molecule has 0 radical (unpaired) electrons. The average molecular weight is 325 g/mol. The Morgan fingerprint density at radius 3 is 2.43 bits per heavy atom. The third-order valence-electron chi connectivity index (χ3n) is 4.43. The van der Waals surface area contributed by atoms with Crippen LogP contribution < -0.4 is 0 Å². The van der Waals surface area contributed by atoms with Crippen molar-refractivity contribution in [2.24, 2.45) is 0 Å². The Balaban J connectivity index is 1.93. The summed E-state index contributed by atoms with van der Waals surface area (Å²) >= 11 is 0. The normalized spacial score (nSPS) is 14.4. The standard InChI is InChI=1S/C18H15NO3S/c1-12-2-4-13(5-3-12)23(21,22)19-11-10-15-14-7-9-18(20)16(14)6-8-17(15)19/h2-6,8,10-11H,7,9H2,1H3. The number of hydrogen-bond donors (Lipinski definition) is 0. The van der Waals surface area contributed by atoms with E-state index in [1.54, 1.807) is 48.7 Å². The van der Waals surface area contributed by atoms with Gasteiger partial charge >= 0.3 is 0 Å². The van der Waals surface area contributed by atoms with E-state index in [0.29, 0.717) is 18.4 Å². The zero-order chi connectivity index (χ0) is 16.2. The Kier molecular flexibility index (Phi) is 2.96. The molecule has 0 amide bonds. The molecule has 116 valence electrons. The third-order valence-corrected chi connectivity index (χ3v) is 6.13. The molecule has 23 heavy (non-hydrogen) atoms. The van der Waals surface area contributed by atoms with E-state index in [-0.39, 0.29) is 10.7 Å². The van der Waals surface area contributed by atoms with Crippen LogP contribution in [0.5, 0.6) is 0 Å². The summed E-state index contributed by atoms with van der Waals surface area (Å²) in [5.74, 6) is 0.135. The predicted molar refractivity (Wildman–Crippen MR) is 88.4 cm³/mol. The highest BCUT2D eigenvalue weighted by Gasteiger charge is 2.25. The number of Topliss-reactive ketones (excluding diaryl/α,β-unsaturated/α-hetero) is 1. The largest absolute Gasteiger partial charge is 0.294 e. The van der Waals surface area contributed by atoms with Crippen molar-refractivity contribution in [3.8, 4) is 0 Å². The molecular weight excluding hydrogens is 310 g/mol. The second-order valence-corrected chi connectivity index (χ2v) is 7.69. The summed E-state index contributed by atoms with van der Waals surface area (Å²) in [6, 6.07) is 12.1. The van der Waals surface area contributed by atoms with Crippen LogP contribution in [0.15, 0.2) is 53.6 Å².